The predicted octanol–water partition coefficient (Wildman–Crippen LogP) is -14.7. The number of phosphoric ester groups is 1. The molecule has 40 atom stereocenters. The standard InChI is InChI=1S/C75H119F2N6O50PS2/c1-4-80-64(108)31(79-3)23-136-25-38-60-46(96)52(102)70(125-38)130-58-35(19-87)123-71(53(103)47(58)97)133-74(110)26-116-65(54(104)62(74)106)127-55-32(16-84)120-67(48(98)42(55)92)131-59-37(124-69(51(101)45(59)95)129-57-34(18-86)121-66(49(99)43(57)93)128-56-33(17-85)122-68(132-60)50(100)44(56)94)24-135-22-29(15-30(89)8-12-114-14-13-113-11-7-28(2)88)63(107)81-9-5-40(90)115-21-41(91)117-27-119-134(111,112)118-20-36-61(105)75(76,77)72(126-36)83-10-6-39(78)82-73(83)109/h6,10,29,31-38,42-62,65-72,79,84-87,92-106,110H,4-5,7-9,11-27H2,1-3H3,(H,80,108)(H,81,107)(H,111,112)(H2,78,82,109)/t29-,31-,32?,33?,34?,35?,36-,37?,38?,42-,43-,44-,45-,46-,47-,48?,49?,50?,51?,52?,53?,54?,55-,56-,57+,58-,59-,60-,61-,62-,65-,66+,67-,68-,69-,70-,71-,72-,74-/m1/s1. The first-order chi connectivity index (χ1) is 64.4. The van der Waals surface area contributed by atoms with Gasteiger partial charge >= 0.3 is 31.4 Å². The monoisotopic (exact) mass is 2040 g/mol. The van der Waals surface area contributed by atoms with Crippen molar-refractivity contribution in [3.63, 3.8) is 0 Å². The molecule has 22 fully saturated rings. The average molecular weight is 2040 g/mol. The fourth-order valence-electron chi connectivity index (χ4n) is 15.4. The number of halogens is 2. The third-order valence-electron chi connectivity index (χ3n) is 23.0. The van der Waals surface area contributed by atoms with E-state index < -0.39 is 372 Å². The van der Waals surface area contributed by atoms with Crippen molar-refractivity contribution in [2.75, 3.05) is 128 Å². The van der Waals surface area contributed by atoms with Crippen LogP contribution < -0.4 is 27.4 Å². The molecular weight excluding hydrogens is 1920 g/mol. The number of hydrogen-bond donors (Lipinski definition) is 25. The second-order valence-electron chi connectivity index (χ2n) is 32.7. The van der Waals surface area contributed by atoms with Crippen molar-refractivity contribution in [2.45, 2.75) is 278 Å². The second-order valence-corrected chi connectivity index (χ2v) is 36.3. The van der Waals surface area contributed by atoms with Crippen molar-refractivity contribution in [3.05, 3.63) is 22.7 Å². The zero-order valence-electron chi connectivity index (χ0n) is 72.9. The number of amides is 2. The first-order valence-corrected chi connectivity index (χ1v) is 46.6. The lowest BCUT2D eigenvalue weighted by molar-refractivity contribution is -0.432. The van der Waals surface area contributed by atoms with Crippen LogP contribution in [0.25, 0.3) is 0 Å². The summed E-state index contributed by atoms with van der Waals surface area (Å²) >= 11 is 1.71. The van der Waals surface area contributed by atoms with Crippen LogP contribution in [0.5, 0.6) is 0 Å². The van der Waals surface area contributed by atoms with E-state index in [2.05, 4.69) is 34.7 Å². The fraction of sp³-hybridized carbons (Fsp3) is 0.867. The van der Waals surface area contributed by atoms with Gasteiger partial charge in [0.25, 0.3) is 0 Å². The van der Waals surface area contributed by atoms with Gasteiger partial charge in [0, 0.05) is 61.6 Å². The molecule has 0 aliphatic carbocycles. The van der Waals surface area contributed by atoms with E-state index in [1.54, 1.807) is 6.92 Å². The SMILES string of the molecule is CCNC(=O)[C@@H](CSCC1O[C@@H]2O[C@@H]3C(CO)O[C@H](O[C@]4(O)CO[C@H](O[C@@H]5C(CO)O[C@H](O[C@@H]6C(CSC[C@@H](CC(=O)CCOCCOCCC(C)=O)C(=O)NCCC(=O)OCC(=O)OCOP(=O)(O)OC[C@H]7O[C@@H](n8ccc(N)nc8=O)C(F)(F)[C@@H]7O)O[C@H](O[C@H]7C(CO)O[C@@H](O[C@@H]8C(CO)O[C@H](O[C@H]1[C@H](O)C2O)C(O)[C@H]8O)C(O)[C@H]7O)C(O)[C@H]6O)C(O)[C@H]5O)C(O)[C@H]4O)C(O)[C@H]3O)NC. The summed E-state index contributed by atoms with van der Waals surface area (Å²) in [6.07, 6.45) is -80.0. The molecule has 22 aliphatic rings. The van der Waals surface area contributed by atoms with E-state index in [9.17, 15) is 145 Å². The number of hydrogen-bond acceptors (Lipinski definition) is 54. The van der Waals surface area contributed by atoms with Gasteiger partial charge in [0.05, 0.1) is 90.1 Å². The Labute approximate surface area is 778 Å². The number of thioether (sulfide) groups is 2. The van der Waals surface area contributed by atoms with E-state index >= 15 is 8.78 Å². The molecule has 61 heteroatoms. The number of anilines is 1. The molecule has 26 N–H and O–H groups in total. The number of phosphoric acid groups is 1. The highest BCUT2D eigenvalue weighted by atomic mass is 32.2. The van der Waals surface area contributed by atoms with Crippen LogP contribution in [0.3, 0.4) is 0 Å². The molecule has 1 aromatic heterocycles. The van der Waals surface area contributed by atoms with Gasteiger partial charge in [0.15, 0.2) is 56.7 Å². The largest absolute Gasteiger partial charge is 0.475 e. The summed E-state index contributed by atoms with van der Waals surface area (Å²) in [5.41, 5.74) is 4.11. The normalized spacial score (nSPS) is 39.8. The van der Waals surface area contributed by atoms with E-state index in [1.165, 1.54) is 14.0 Å². The Balaban J connectivity index is 0.862. The number of Topliss-reactive ketones (excluding diaryl/α,β-unsaturated/α-hetero) is 2. The van der Waals surface area contributed by atoms with Gasteiger partial charge in [0.2, 0.25) is 30.6 Å². The minimum atomic E-state index is -5.33. The Morgan fingerprint density at radius 3 is 1.44 bits per heavy atom. The number of esters is 2. The number of ether oxygens (including phenoxy) is 19. The molecule has 2 amide bonds. The maximum Gasteiger partial charge on any atom is 0.475 e. The number of nitrogen functional groups attached to an aromatic ring is 1. The quantitative estimate of drug-likeness (QED) is 0.0126. The van der Waals surface area contributed by atoms with E-state index in [-0.39, 0.29) is 68.9 Å². The van der Waals surface area contributed by atoms with Gasteiger partial charge in [-0.2, -0.15) is 37.3 Å². The van der Waals surface area contributed by atoms with Crippen LogP contribution in [0.4, 0.5) is 14.6 Å². The summed E-state index contributed by atoms with van der Waals surface area (Å²) in [5, 5.41) is 239. The van der Waals surface area contributed by atoms with Crippen LogP contribution in [0.1, 0.15) is 45.8 Å². The molecule has 136 heavy (non-hydrogen) atoms. The molecule has 0 aromatic carbocycles. The number of carbonyl (C=O) groups is 6. The number of nitrogens with one attached hydrogen (secondary N) is 3. The van der Waals surface area contributed by atoms with Gasteiger partial charge in [0.1, 0.15) is 177 Å². The van der Waals surface area contributed by atoms with Crippen molar-refractivity contribution in [2.24, 2.45) is 5.92 Å². The average Bonchev–Trinajstić information content (AvgIpc) is 1.70. The van der Waals surface area contributed by atoms with Gasteiger partial charge in [-0.05, 0) is 27.0 Å². The Hall–Kier alpha value is -4.95. The Kier molecular flexibility index (Phi) is 42.8. The van der Waals surface area contributed by atoms with Crippen LogP contribution in [0.15, 0.2) is 17.1 Å². The molecule has 22 aliphatic heterocycles. The number of aliphatic hydroxyl groups is 20. The lowest BCUT2D eigenvalue weighted by Gasteiger charge is -2.50. The smallest absolute Gasteiger partial charge is 0.454 e. The molecule has 0 spiro atoms. The summed E-state index contributed by atoms with van der Waals surface area (Å²) in [6, 6.07) is 0.0975. The summed E-state index contributed by atoms with van der Waals surface area (Å²) < 4.78 is 160. The third-order valence-corrected chi connectivity index (χ3v) is 26.2. The summed E-state index contributed by atoms with van der Waals surface area (Å²) in [7, 11) is -3.86. The number of ketones is 2. The second kappa shape index (κ2) is 51.5. The molecule has 23 rings (SSSR count). The Bertz CT molecular complexity index is 4090. The lowest BCUT2D eigenvalue weighted by Crippen LogP contribution is -2.69. The molecule has 1 aromatic rings. The van der Waals surface area contributed by atoms with Crippen LogP contribution in [-0.4, -0.2) is 507 Å². The minimum absolute atomic E-state index is 0.0131. The van der Waals surface area contributed by atoms with Crippen molar-refractivity contribution >= 4 is 72.5 Å². The van der Waals surface area contributed by atoms with Crippen LogP contribution in [0.2, 0.25) is 0 Å². The molecular formula is C75H119F2N6O50PS2. The first kappa shape index (κ1) is 113. The third kappa shape index (κ3) is 28.4. The van der Waals surface area contributed by atoms with Crippen molar-refractivity contribution in [1.29, 1.82) is 0 Å². The summed E-state index contributed by atoms with van der Waals surface area (Å²) in [4.78, 5) is 104. The van der Waals surface area contributed by atoms with Crippen molar-refractivity contribution in [3.8, 4) is 0 Å². The number of aliphatic hydroxyl groups excluding tert-OH is 19. The van der Waals surface area contributed by atoms with Gasteiger partial charge in [-0.1, -0.05) is 0 Å². The Morgan fingerprint density at radius 1 is 0.544 bits per heavy atom. The fourth-order valence-corrected chi connectivity index (χ4v) is 18.4. The van der Waals surface area contributed by atoms with Gasteiger partial charge < -0.3 is 219 Å². The number of likely N-dealkylation sites (N-methyl/N-ethyl adjacent to an activating group) is 2. The molecule has 14 unspecified atom stereocenters. The molecule has 23 heterocycles. The van der Waals surface area contributed by atoms with Crippen molar-refractivity contribution < 1.29 is 248 Å². The highest BCUT2D eigenvalue weighted by Crippen LogP contribution is 2.48. The van der Waals surface area contributed by atoms with Crippen LogP contribution in [-0.2, 0) is 132 Å². The first-order valence-electron chi connectivity index (χ1n) is 42.8. The predicted molar refractivity (Wildman–Crippen MR) is 434 cm³/mol. The summed E-state index contributed by atoms with van der Waals surface area (Å²) in [5.74, 6) is -15.4. The zero-order chi connectivity index (χ0) is 99.7. The van der Waals surface area contributed by atoms with Crippen LogP contribution in [0, 0.1) is 5.92 Å². The number of aromatic nitrogens is 2. The number of carbonyl (C=O) groups excluding carboxylic acids is 6. The molecule has 780 valence electrons. The highest BCUT2D eigenvalue weighted by molar-refractivity contribution is 7.99. The number of alkyl halides is 2. The van der Waals surface area contributed by atoms with E-state index in [0.29, 0.717) is 4.57 Å². The Morgan fingerprint density at radius 2 is 0.985 bits per heavy atom. The molecule has 22 saturated heterocycles. The maximum atomic E-state index is 15.0. The molecule has 0 saturated carbocycles. The topological polar surface area (TPSA) is 835 Å². The number of nitrogens with zero attached hydrogens (tertiary/aromatic N) is 2. The van der Waals surface area contributed by atoms with Gasteiger partial charge in [-0.15, -0.1) is 0 Å². The minimum Gasteiger partial charge on any atom is -0.454 e. The van der Waals surface area contributed by atoms with Gasteiger partial charge in [-0.25, -0.2) is 18.7 Å². The molecule has 56 nitrogen and oxygen atoms in total. The van der Waals surface area contributed by atoms with E-state index in [4.69, 9.17) is 91.0 Å². The van der Waals surface area contributed by atoms with Gasteiger partial charge in [-0.3, -0.25) is 33.1 Å². The lowest BCUT2D eigenvalue weighted by atomic mass is 9.95. The van der Waals surface area contributed by atoms with Crippen molar-refractivity contribution in [1.82, 2.24) is 25.5 Å². The molecule has 14 bridgehead atoms. The number of nitrogens with two attached hydrogens (primary N) is 1. The van der Waals surface area contributed by atoms with E-state index in [1.807, 2.05) is 0 Å². The van der Waals surface area contributed by atoms with E-state index in [0.717, 1.165) is 35.8 Å². The zero-order valence-corrected chi connectivity index (χ0v) is 75.4. The maximum absolute atomic E-state index is 15.0. The highest BCUT2D eigenvalue weighted by Gasteiger charge is 2.63. The van der Waals surface area contributed by atoms with Crippen LogP contribution >= 0.6 is 31.3 Å². The number of rotatable bonds is 39. The molecule has 0 radical (unpaired) electrons. The summed E-state index contributed by atoms with van der Waals surface area (Å²) in [6.45, 7) is -7.38.